The van der Waals surface area contributed by atoms with Gasteiger partial charge in [-0.2, -0.15) is 0 Å². The molecule has 10 heteroatoms. The summed E-state index contributed by atoms with van der Waals surface area (Å²) in [6.45, 7) is 13.1. The number of carbonyl (C=O) groups excluding carboxylic acids is 1. The summed E-state index contributed by atoms with van der Waals surface area (Å²) >= 11 is 0. The number of hydrogen-bond acceptors (Lipinski definition) is 7. The topological polar surface area (TPSA) is 89.8 Å². The van der Waals surface area contributed by atoms with Crippen LogP contribution in [-0.4, -0.2) is 73.0 Å². The Kier molecular flexibility index (Phi) is 10.3. The van der Waals surface area contributed by atoms with E-state index in [1.54, 1.807) is 12.3 Å². The molecule has 4 rings (SSSR count). The van der Waals surface area contributed by atoms with Gasteiger partial charge in [0.15, 0.2) is 0 Å². The number of piperazine rings is 1. The van der Waals surface area contributed by atoms with Crippen LogP contribution in [0, 0.1) is 11.6 Å². The Bertz CT molecular complexity index is 1240. The summed E-state index contributed by atoms with van der Waals surface area (Å²) in [4.78, 5) is 23.4. The average molecular weight is 552 g/mol. The largest absolute Gasteiger partial charge is 0.381 e. The fourth-order valence-electron chi connectivity index (χ4n) is 4.91. The molecule has 1 aliphatic rings. The Labute approximate surface area is 235 Å². The first-order valence-corrected chi connectivity index (χ1v) is 13.9. The van der Waals surface area contributed by atoms with Gasteiger partial charge in [0.25, 0.3) is 0 Å². The predicted octanol–water partition coefficient (Wildman–Crippen LogP) is 4.21. The van der Waals surface area contributed by atoms with E-state index in [2.05, 4.69) is 56.3 Å². The molecule has 0 radical (unpaired) electrons. The molecule has 0 spiro atoms. The number of rotatable bonds is 13. The lowest BCUT2D eigenvalue weighted by Crippen LogP contribution is -2.48. The highest BCUT2D eigenvalue weighted by molar-refractivity contribution is 5.79. The number of nitrogens with one attached hydrogen (secondary N) is 2. The minimum atomic E-state index is -0.646. The molecule has 2 aromatic carbocycles. The van der Waals surface area contributed by atoms with Gasteiger partial charge in [0, 0.05) is 86.8 Å². The molecule has 0 atom stereocenters. The number of nitrogens with zero attached hydrogens (tertiary/aromatic N) is 4. The van der Waals surface area contributed by atoms with E-state index in [4.69, 9.17) is 5.73 Å². The van der Waals surface area contributed by atoms with Gasteiger partial charge in [-0.15, -0.1) is 0 Å². The normalized spacial score (nSPS) is 14.0. The van der Waals surface area contributed by atoms with Crippen LogP contribution in [0.5, 0.6) is 0 Å². The maximum atomic E-state index is 13.6. The van der Waals surface area contributed by atoms with Gasteiger partial charge in [-0.1, -0.05) is 13.8 Å². The highest BCUT2D eigenvalue weighted by Crippen LogP contribution is 2.25. The minimum Gasteiger partial charge on any atom is -0.381 e. The molecule has 1 amide bonds. The Balaban J connectivity index is 1.36. The second-order valence-electron chi connectivity index (χ2n) is 10.0. The standard InChI is InChI=1S/C30H39F2N7O/c1-3-37(4-2)9-10-38-11-13-39(14-12-38)27-7-5-26(6-8-27)36-30-19-28(23(21-35-30)17-29(33)40)34-20-22-15-24(31)18-25(32)16-22/h5-8,15-16,18-19,21H,3-4,9-14,17,20H2,1-2H3,(H2,33,40)(H2,34,35,36). The molecule has 214 valence electrons. The lowest BCUT2D eigenvalue weighted by atomic mass is 10.1. The monoisotopic (exact) mass is 551 g/mol. The second-order valence-corrected chi connectivity index (χ2v) is 10.0. The zero-order valence-corrected chi connectivity index (χ0v) is 23.3. The Morgan fingerprint density at radius 3 is 2.30 bits per heavy atom. The highest BCUT2D eigenvalue weighted by Gasteiger charge is 2.17. The number of aromatic nitrogens is 1. The summed E-state index contributed by atoms with van der Waals surface area (Å²) in [6.07, 6.45) is 1.57. The van der Waals surface area contributed by atoms with Crippen LogP contribution in [0.3, 0.4) is 0 Å². The number of nitrogens with two attached hydrogens (primary N) is 1. The van der Waals surface area contributed by atoms with E-state index in [0.717, 1.165) is 64.1 Å². The Morgan fingerprint density at radius 1 is 1.00 bits per heavy atom. The van der Waals surface area contributed by atoms with Gasteiger partial charge < -0.3 is 26.2 Å². The van der Waals surface area contributed by atoms with Crippen molar-refractivity contribution in [1.82, 2.24) is 14.8 Å². The number of halogens is 2. The van der Waals surface area contributed by atoms with Crippen LogP contribution in [0.2, 0.25) is 0 Å². The number of amides is 1. The summed E-state index contributed by atoms with van der Waals surface area (Å²) in [5, 5.41) is 6.46. The molecule has 8 nitrogen and oxygen atoms in total. The highest BCUT2D eigenvalue weighted by atomic mass is 19.1. The van der Waals surface area contributed by atoms with E-state index in [1.165, 1.54) is 17.8 Å². The van der Waals surface area contributed by atoms with Crippen molar-refractivity contribution in [2.24, 2.45) is 5.73 Å². The molecule has 1 fully saturated rings. The Hall–Kier alpha value is -3.76. The van der Waals surface area contributed by atoms with Crippen LogP contribution >= 0.6 is 0 Å². The second kappa shape index (κ2) is 14.0. The first-order chi connectivity index (χ1) is 19.3. The first kappa shape index (κ1) is 29.2. The number of primary amides is 1. The van der Waals surface area contributed by atoms with Gasteiger partial charge in [0.1, 0.15) is 17.5 Å². The van der Waals surface area contributed by atoms with Gasteiger partial charge in [0.05, 0.1) is 6.42 Å². The number of carbonyl (C=O) groups is 1. The summed E-state index contributed by atoms with van der Waals surface area (Å²) < 4.78 is 27.2. The molecule has 3 aromatic rings. The molecule has 1 aliphatic heterocycles. The van der Waals surface area contributed by atoms with Crippen LogP contribution in [0.15, 0.2) is 54.7 Å². The van der Waals surface area contributed by atoms with Crippen molar-refractivity contribution in [3.8, 4) is 0 Å². The third-order valence-corrected chi connectivity index (χ3v) is 7.26. The van der Waals surface area contributed by atoms with E-state index in [9.17, 15) is 13.6 Å². The van der Waals surface area contributed by atoms with Gasteiger partial charge in [-0.3, -0.25) is 9.69 Å². The number of hydrogen-bond donors (Lipinski definition) is 3. The molecule has 0 unspecified atom stereocenters. The number of pyridine rings is 1. The van der Waals surface area contributed by atoms with Crippen molar-refractivity contribution in [1.29, 1.82) is 0 Å². The molecule has 0 saturated carbocycles. The first-order valence-electron chi connectivity index (χ1n) is 13.9. The van der Waals surface area contributed by atoms with E-state index < -0.39 is 17.5 Å². The van der Waals surface area contributed by atoms with Crippen molar-refractivity contribution in [2.45, 2.75) is 26.8 Å². The van der Waals surface area contributed by atoms with Crippen LogP contribution in [-0.2, 0) is 17.8 Å². The summed E-state index contributed by atoms with van der Waals surface area (Å²) in [6, 6.07) is 13.4. The van der Waals surface area contributed by atoms with Crippen molar-refractivity contribution < 1.29 is 13.6 Å². The lowest BCUT2D eigenvalue weighted by Gasteiger charge is -2.37. The minimum absolute atomic E-state index is 0.00938. The number of benzene rings is 2. The third kappa shape index (κ3) is 8.37. The molecule has 1 saturated heterocycles. The molecule has 1 aromatic heterocycles. The van der Waals surface area contributed by atoms with Gasteiger partial charge >= 0.3 is 0 Å². The average Bonchev–Trinajstić information content (AvgIpc) is 2.94. The van der Waals surface area contributed by atoms with Crippen LogP contribution in [0.4, 0.5) is 31.7 Å². The van der Waals surface area contributed by atoms with Crippen molar-refractivity contribution >= 4 is 28.8 Å². The molecule has 2 heterocycles. The molecule has 0 bridgehead atoms. The molecular formula is C30H39F2N7O. The number of anilines is 4. The quantitative estimate of drug-likeness (QED) is 0.293. The van der Waals surface area contributed by atoms with Crippen molar-refractivity contribution in [3.63, 3.8) is 0 Å². The van der Waals surface area contributed by atoms with Gasteiger partial charge in [0.2, 0.25) is 5.91 Å². The third-order valence-electron chi connectivity index (χ3n) is 7.26. The number of likely N-dealkylation sites (N-methyl/N-ethyl adjacent to an activating group) is 1. The zero-order chi connectivity index (χ0) is 28.5. The maximum Gasteiger partial charge on any atom is 0.221 e. The molecular weight excluding hydrogens is 512 g/mol. The van der Waals surface area contributed by atoms with Gasteiger partial charge in [-0.05, 0) is 55.1 Å². The SMILES string of the molecule is CCN(CC)CCN1CCN(c2ccc(Nc3cc(NCc4cc(F)cc(F)c4)c(CC(N)=O)cn3)cc2)CC1. The van der Waals surface area contributed by atoms with Crippen LogP contribution in [0.25, 0.3) is 0 Å². The predicted molar refractivity (Wildman–Crippen MR) is 157 cm³/mol. The molecule has 40 heavy (non-hydrogen) atoms. The molecule has 0 aliphatic carbocycles. The lowest BCUT2D eigenvalue weighted by molar-refractivity contribution is -0.117. The zero-order valence-electron chi connectivity index (χ0n) is 23.3. The van der Waals surface area contributed by atoms with Crippen LogP contribution < -0.4 is 21.3 Å². The fourth-order valence-corrected chi connectivity index (χ4v) is 4.91. The van der Waals surface area contributed by atoms with Crippen LogP contribution in [0.1, 0.15) is 25.0 Å². The van der Waals surface area contributed by atoms with E-state index in [0.29, 0.717) is 22.6 Å². The summed E-state index contributed by atoms with van der Waals surface area (Å²) in [5.41, 5.74) is 9.11. The van der Waals surface area contributed by atoms with Crippen molar-refractivity contribution in [2.75, 3.05) is 67.9 Å². The summed E-state index contributed by atoms with van der Waals surface area (Å²) in [5.74, 6) is -1.22. The summed E-state index contributed by atoms with van der Waals surface area (Å²) in [7, 11) is 0. The van der Waals surface area contributed by atoms with E-state index >= 15 is 0 Å². The fraction of sp³-hybridized carbons (Fsp3) is 0.400. The van der Waals surface area contributed by atoms with E-state index in [-0.39, 0.29) is 13.0 Å². The maximum absolute atomic E-state index is 13.6. The van der Waals surface area contributed by atoms with Crippen molar-refractivity contribution in [3.05, 3.63) is 77.5 Å². The van der Waals surface area contributed by atoms with Gasteiger partial charge in [-0.25, -0.2) is 13.8 Å². The van der Waals surface area contributed by atoms with E-state index in [1.807, 2.05) is 12.1 Å². The smallest absolute Gasteiger partial charge is 0.221 e. The Morgan fingerprint density at radius 2 is 1.68 bits per heavy atom. The molecule has 4 N–H and O–H groups in total.